The Kier molecular flexibility index (Phi) is 4.89. The van der Waals surface area contributed by atoms with Gasteiger partial charge in [-0.1, -0.05) is 12.1 Å². The van der Waals surface area contributed by atoms with Crippen LogP contribution < -0.4 is 0 Å². The summed E-state index contributed by atoms with van der Waals surface area (Å²) in [4.78, 5) is 29.7. The molecule has 4 rings (SSSR count). The van der Waals surface area contributed by atoms with Crippen LogP contribution in [-0.2, 0) is 17.6 Å². The van der Waals surface area contributed by atoms with Crippen LogP contribution in [0, 0.1) is 0 Å². The summed E-state index contributed by atoms with van der Waals surface area (Å²) in [6.07, 6.45) is 7.61. The van der Waals surface area contributed by atoms with Crippen LogP contribution in [0.4, 0.5) is 0 Å². The van der Waals surface area contributed by atoms with E-state index in [-0.39, 0.29) is 11.7 Å². The topological polar surface area (TPSA) is 40.6 Å². The smallest absolute Gasteiger partial charge is 0.223 e. The van der Waals surface area contributed by atoms with E-state index < -0.39 is 0 Å². The van der Waals surface area contributed by atoms with Gasteiger partial charge in [0, 0.05) is 44.1 Å². The van der Waals surface area contributed by atoms with E-state index in [0.29, 0.717) is 18.9 Å². The van der Waals surface area contributed by atoms with Crippen LogP contribution in [-0.4, -0.2) is 53.7 Å². The van der Waals surface area contributed by atoms with E-state index in [1.165, 1.54) is 36.9 Å². The molecule has 1 aliphatic carbocycles. The van der Waals surface area contributed by atoms with Crippen LogP contribution in [0.1, 0.15) is 60.0 Å². The Bertz CT molecular complexity index is 670. The van der Waals surface area contributed by atoms with E-state index >= 15 is 0 Å². The zero-order valence-corrected chi connectivity index (χ0v) is 15.0. The molecule has 3 aliphatic rings. The molecule has 2 aliphatic heterocycles. The van der Waals surface area contributed by atoms with Gasteiger partial charge in [-0.3, -0.25) is 14.5 Å². The third kappa shape index (κ3) is 3.64. The van der Waals surface area contributed by atoms with Gasteiger partial charge in [-0.15, -0.1) is 0 Å². The van der Waals surface area contributed by atoms with E-state index in [1.807, 2.05) is 11.0 Å². The molecule has 1 amide bonds. The van der Waals surface area contributed by atoms with Crippen LogP contribution in [0.25, 0.3) is 0 Å². The van der Waals surface area contributed by atoms with Gasteiger partial charge in [-0.2, -0.15) is 0 Å². The summed E-state index contributed by atoms with van der Waals surface area (Å²) in [5.41, 5.74) is 3.50. The molecule has 0 spiro atoms. The van der Waals surface area contributed by atoms with Crippen molar-refractivity contribution >= 4 is 11.7 Å². The monoisotopic (exact) mass is 340 g/mol. The fourth-order valence-electron chi connectivity index (χ4n) is 4.70. The maximum atomic E-state index is 12.6. The lowest BCUT2D eigenvalue weighted by Gasteiger charge is -2.25. The highest BCUT2D eigenvalue weighted by molar-refractivity contribution is 5.98. The van der Waals surface area contributed by atoms with E-state index in [1.54, 1.807) is 0 Å². The van der Waals surface area contributed by atoms with Gasteiger partial charge >= 0.3 is 0 Å². The Morgan fingerprint density at radius 2 is 1.80 bits per heavy atom. The first-order valence-electron chi connectivity index (χ1n) is 9.87. The summed E-state index contributed by atoms with van der Waals surface area (Å²) in [7, 11) is 0. The first kappa shape index (κ1) is 16.8. The molecule has 0 unspecified atom stereocenters. The summed E-state index contributed by atoms with van der Waals surface area (Å²) in [6, 6.07) is 6.64. The number of hydrogen-bond donors (Lipinski definition) is 0. The van der Waals surface area contributed by atoms with Gasteiger partial charge in [0.25, 0.3) is 0 Å². The summed E-state index contributed by atoms with van der Waals surface area (Å²) in [6.45, 7) is 4.00. The van der Waals surface area contributed by atoms with Gasteiger partial charge in [-0.25, -0.2) is 0 Å². The number of carbonyl (C=O) groups excluding carboxylic acids is 2. The van der Waals surface area contributed by atoms with E-state index in [2.05, 4.69) is 17.0 Å². The molecule has 2 saturated heterocycles. The maximum Gasteiger partial charge on any atom is 0.223 e. The van der Waals surface area contributed by atoms with Crippen molar-refractivity contribution < 1.29 is 9.59 Å². The van der Waals surface area contributed by atoms with Crippen molar-refractivity contribution in [1.29, 1.82) is 0 Å². The van der Waals surface area contributed by atoms with Crippen LogP contribution in [0.5, 0.6) is 0 Å². The molecule has 25 heavy (non-hydrogen) atoms. The molecular formula is C21H28N2O2. The highest BCUT2D eigenvalue weighted by atomic mass is 16.2. The Hall–Kier alpha value is -1.68. The Morgan fingerprint density at radius 3 is 2.72 bits per heavy atom. The number of rotatable bonds is 4. The highest BCUT2D eigenvalue weighted by Gasteiger charge is 2.30. The number of amides is 1. The lowest BCUT2D eigenvalue weighted by molar-refractivity contribution is -0.131. The molecule has 4 nitrogen and oxygen atoms in total. The molecule has 2 fully saturated rings. The Balaban J connectivity index is 1.32. The second-order valence-corrected chi connectivity index (χ2v) is 7.79. The molecular weight excluding hydrogens is 312 g/mol. The molecule has 0 saturated carbocycles. The molecule has 0 N–H and O–H groups in total. The lowest BCUT2D eigenvalue weighted by Crippen LogP contribution is -2.39. The average Bonchev–Trinajstić information content (AvgIpc) is 3.23. The van der Waals surface area contributed by atoms with E-state index in [0.717, 1.165) is 44.5 Å². The van der Waals surface area contributed by atoms with Crippen molar-refractivity contribution in [3.63, 3.8) is 0 Å². The predicted molar refractivity (Wildman–Crippen MR) is 97.8 cm³/mol. The number of Topliss-reactive ketones (excluding diaryl/α,β-unsaturated/α-hetero) is 1. The first-order valence-corrected chi connectivity index (χ1v) is 9.87. The average molecular weight is 340 g/mol. The minimum absolute atomic E-state index is 0.111. The predicted octanol–water partition coefficient (Wildman–Crippen LogP) is 2.83. The zero-order valence-electron chi connectivity index (χ0n) is 15.0. The second-order valence-electron chi connectivity index (χ2n) is 7.79. The van der Waals surface area contributed by atoms with Crippen molar-refractivity contribution in [2.45, 2.75) is 57.4 Å². The fraction of sp³-hybridized carbons (Fsp3) is 0.619. The van der Waals surface area contributed by atoms with Crippen molar-refractivity contribution in [3.8, 4) is 0 Å². The normalized spacial score (nSPS) is 23.2. The summed E-state index contributed by atoms with van der Waals surface area (Å²) in [5.74, 6) is 0.267. The molecule has 1 aromatic carbocycles. The summed E-state index contributed by atoms with van der Waals surface area (Å²) < 4.78 is 0. The van der Waals surface area contributed by atoms with Crippen LogP contribution in [0.3, 0.4) is 0 Å². The number of nitrogens with zero attached hydrogens (tertiary/aromatic N) is 2. The third-order valence-electron chi connectivity index (χ3n) is 6.14. The number of hydrogen-bond acceptors (Lipinski definition) is 3. The number of ketones is 1. The molecule has 0 radical (unpaired) electrons. The van der Waals surface area contributed by atoms with Gasteiger partial charge in [0.05, 0.1) is 0 Å². The summed E-state index contributed by atoms with van der Waals surface area (Å²) in [5, 5.41) is 0. The van der Waals surface area contributed by atoms with Gasteiger partial charge < -0.3 is 4.90 Å². The molecule has 0 aromatic heterocycles. The second kappa shape index (κ2) is 7.28. The molecule has 2 heterocycles. The maximum absolute atomic E-state index is 12.6. The zero-order chi connectivity index (χ0) is 17.2. The van der Waals surface area contributed by atoms with Crippen LogP contribution >= 0.6 is 0 Å². The third-order valence-corrected chi connectivity index (χ3v) is 6.14. The first-order chi connectivity index (χ1) is 12.2. The van der Waals surface area contributed by atoms with Crippen LogP contribution in [0.15, 0.2) is 18.2 Å². The van der Waals surface area contributed by atoms with Crippen molar-refractivity contribution in [3.05, 3.63) is 34.9 Å². The van der Waals surface area contributed by atoms with E-state index in [9.17, 15) is 9.59 Å². The van der Waals surface area contributed by atoms with Crippen molar-refractivity contribution in [2.24, 2.45) is 0 Å². The van der Waals surface area contributed by atoms with Crippen molar-refractivity contribution in [1.82, 2.24) is 9.80 Å². The van der Waals surface area contributed by atoms with E-state index in [4.69, 9.17) is 0 Å². The minimum atomic E-state index is 0.111. The number of benzene rings is 1. The van der Waals surface area contributed by atoms with Gasteiger partial charge in [0.1, 0.15) is 0 Å². The Morgan fingerprint density at radius 1 is 0.960 bits per heavy atom. The number of carbonyl (C=O) groups is 2. The standard InChI is InChI=1S/C21H28N2O2/c24-20(18-8-7-16-4-1-5-17(16)14-18)9-10-21(25)23-13-3-12-22-11-2-6-19(22)15-23/h7-8,14,19H,1-6,9-13,15H2/t19-/m1/s1. The quantitative estimate of drug-likeness (QED) is 0.792. The highest BCUT2D eigenvalue weighted by Crippen LogP contribution is 2.24. The fourth-order valence-corrected chi connectivity index (χ4v) is 4.70. The SMILES string of the molecule is O=C(CCC(=O)N1CCCN2CCC[C@@H]2C1)c1ccc2c(c1)CCC2. The van der Waals surface area contributed by atoms with Crippen LogP contribution in [0.2, 0.25) is 0 Å². The Labute approximate surface area is 150 Å². The summed E-state index contributed by atoms with van der Waals surface area (Å²) >= 11 is 0. The molecule has 4 heteroatoms. The molecule has 1 aromatic rings. The van der Waals surface area contributed by atoms with Crippen molar-refractivity contribution in [2.75, 3.05) is 26.2 Å². The molecule has 134 valence electrons. The van der Waals surface area contributed by atoms with Gasteiger partial charge in [-0.05, 0) is 62.3 Å². The largest absolute Gasteiger partial charge is 0.341 e. The minimum Gasteiger partial charge on any atom is -0.341 e. The van der Waals surface area contributed by atoms with Gasteiger partial charge in [0.15, 0.2) is 5.78 Å². The number of fused-ring (bicyclic) bond motifs is 2. The molecule has 0 bridgehead atoms. The number of aryl methyl sites for hydroxylation is 2. The molecule has 1 atom stereocenters. The lowest BCUT2D eigenvalue weighted by atomic mass is 10.0. The van der Waals surface area contributed by atoms with Gasteiger partial charge in [0.2, 0.25) is 5.91 Å².